The minimum atomic E-state index is -0.682. The number of methoxy groups -OCH3 is 1. The molecule has 1 fully saturated rings. The Hall–Kier alpha value is -2.93. The summed E-state index contributed by atoms with van der Waals surface area (Å²) in [5.41, 5.74) is 4.69. The molecule has 0 bridgehead atoms. The lowest BCUT2D eigenvalue weighted by Gasteiger charge is -2.38. The van der Waals surface area contributed by atoms with Crippen LogP contribution in [-0.4, -0.2) is 57.9 Å². The van der Waals surface area contributed by atoms with Crippen LogP contribution < -0.4 is 4.74 Å². The lowest BCUT2D eigenvalue weighted by atomic mass is 9.79. The third-order valence-electron chi connectivity index (χ3n) is 7.33. The van der Waals surface area contributed by atoms with Gasteiger partial charge in [-0.25, -0.2) is 0 Å². The number of aromatic nitrogens is 3. The molecule has 1 saturated heterocycles. The predicted molar refractivity (Wildman–Crippen MR) is 133 cm³/mol. The van der Waals surface area contributed by atoms with Crippen LogP contribution in [0.2, 0.25) is 0 Å². The summed E-state index contributed by atoms with van der Waals surface area (Å²) in [5.74, 6) is 0.846. The highest BCUT2D eigenvalue weighted by atomic mass is 16.5. The summed E-state index contributed by atoms with van der Waals surface area (Å²) in [5, 5.41) is 17.8. The van der Waals surface area contributed by atoms with Gasteiger partial charge in [-0.05, 0) is 106 Å². The molecule has 4 rings (SSSR count). The van der Waals surface area contributed by atoms with Gasteiger partial charge in [0.1, 0.15) is 5.75 Å². The Morgan fingerprint density at radius 1 is 1.21 bits per heavy atom. The Morgan fingerprint density at radius 3 is 2.82 bits per heavy atom. The third-order valence-corrected chi connectivity index (χ3v) is 7.33. The molecule has 0 saturated carbocycles. The Labute approximate surface area is 201 Å². The number of nitrogens with one attached hydrogen (secondary N) is 1. The molecule has 2 aromatic heterocycles. The first kappa shape index (κ1) is 24.2. The van der Waals surface area contributed by atoms with E-state index >= 15 is 0 Å². The maximum absolute atomic E-state index is 11.6. The van der Waals surface area contributed by atoms with E-state index in [4.69, 9.17) is 4.74 Å². The average molecular weight is 465 g/mol. The number of ether oxygens (including phenoxy) is 1. The summed E-state index contributed by atoms with van der Waals surface area (Å²) in [4.78, 5) is 18.5. The maximum Gasteiger partial charge on any atom is 0.303 e. The van der Waals surface area contributed by atoms with Gasteiger partial charge in [0.05, 0.1) is 18.8 Å². The van der Waals surface area contributed by atoms with Crippen molar-refractivity contribution in [1.82, 2.24) is 20.1 Å². The van der Waals surface area contributed by atoms with Gasteiger partial charge in [0.2, 0.25) is 0 Å². The molecule has 7 nitrogen and oxygen atoms in total. The van der Waals surface area contributed by atoms with Crippen molar-refractivity contribution in [1.29, 1.82) is 0 Å². The zero-order valence-corrected chi connectivity index (χ0v) is 20.3. The smallest absolute Gasteiger partial charge is 0.303 e. The number of rotatable bonds is 11. The van der Waals surface area contributed by atoms with Crippen LogP contribution in [0.25, 0.3) is 10.9 Å². The number of carbonyl (C=O) groups is 1. The minimum absolute atomic E-state index is 0.219. The van der Waals surface area contributed by atoms with E-state index in [9.17, 15) is 9.90 Å². The van der Waals surface area contributed by atoms with E-state index in [2.05, 4.69) is 39.1 Å². The summed E-state index contributed by atoms with van der Waals surface area (Å²) < 4.78 is 5.40. The summed E-state index contributed by atoms with van der Waals surface area (Å²) in [6.07, 6.45) is 10.3. The van der Waals surface area contributed by atoms with Crippen LogP contribution in [0.3, 0.4) is 0 Å². The van der Waals surface area contributed by atoms with Crippen molar-refractivity contribution in [2.75, 3.05) is 26.7 Å². The van der Waals surface area contributed by atoms with Gasteiger partial charge in [0.25, 0.3) is 0 Å². The molecule has 0 aliphatic carbocycles. The number of likely N-dealkylation sites (tertiary alicyclic amines) is 1. The highest BCUT2D eigenvalue weighted by Crippen LogP contribution is 2.32. The summed E-state index contributed by atoms with van der Waals surface area (Å²) >= 11 is 0. The Kier molecular flexibility index (Phi) is 8.16. The highest BCUT2D eigenvalue weighted by Gasteiger charge is 2.30. The Morgan fingerprint density at radius 2 is 2.06 bits per heavy atom. The molecule has 0 radical (unpaired) electrons. The van der Waals surface area contributed by atoms with Gasteiger partial charge < -0.3 is 14.7 Å². The molecule has 1 aliphatic heterocycles. The van der Waals surface area contributed by atoms with Crippen LogP contribution in [0, 0.1) is 18.8 Å². The van der Waals surface area contributed by atoms with Gasteiger partial charge in [-0.15, -0.1) is 0 Å². The van der Waals surface area contributed by atoms with E-state index in [0.29, 0.717) is 5.92 Å². The van der Waals surface area contributed by atoms with Gasteiger partial charge in [-0.2, -0.15) is 5.10 Å². The zero-order valence-electron chi connectivity index (χ0n) is 20.3. The fraction of sp³-hybridized carbons (Fsp3) is 0.519. The van der Waals surface area contributed by atoms with Crippen molar-refractivity contribution in [3.8, 4) is 5.75 Å². The molecular weight excluding hydrogens is 428 g/mol. The first-order valence-electron chi connectivity index (χ1n) is 12.4. The molecule has 2 atom stereocenters. The van der Waals surface area contributed by atoms with Crippen LogP contribution in [0.1, 0.15) is 48.9 Å². The van der Waals surface area contributed by atoms with Gasteiger partial charge in [-0.3, -0.25) is 14.9 Å². The number of aromatic amines is 1. The molecule has 3 heterocycles. The highest BCUT2D eigenvalue weighted by molar-refractivity contribution is 5.83. The summed E-state index contributed by atoms with van der Waals surface area (Å²) in [6, 6.07) is 8.11. The minimum Gasteiger partial charge on any atom is -0.497 e. The van der Waals surface area contributed by atoms with Crippen molar-refractivity contribution in [2.24, 2.45) is 11.8 Å². The molecule has 1 aromatic carbocycles. The van der Waals surface area contributed by atoms with E-state index in [1.165, 1.54) is 11.1 Å². The van der Waals surface area contributed by atoms with E-state index in [0.717, 1.165) is 80.5 Å². The third kappa shape index (κ3) is 6.14. The number of pyridine rings is 1. The van der Waals surface area contributed by atoms with Crippen LogP contribution in [-0.2, 0) is 17.6 Å². The van der Waals surface area contributed by atoms with E-state index < -0.39 is 5.97 Å². The molecule has 0 spiro atoms. The number of carboxylic acid groups (broad SMARTS) is 1. The van der Waals surface area contributed by atoms with E-state index in [-0.39, 0.29) is 12.3 Å². The normalized spacial score (nSPS) is 18.9. The lowest BCUT2D eigenvalue weighted by molar-refractivity contribution is -0.139. The fourth-order valence-electron chi connectivity index (χ4n) is 5.40. The van der Waals surface area contributed by atoms with Crippen LogP contribution in [0.4, 0.5) is 0 Å². The molecule has 182 valence electrons. The topological polar surface area (TPSA) is 91.3 Å². The van der Waals surface area contributed by atoms with Crippen LogP contribution in [0.5, 0.6) is 5.75 Å². The molecular formula is C27H36N4O3. The first-order valence-corrected chi connectivity index (χ1v) is 12.4. The van der Waals surface area contributed by atoms with Crippen molar-refractivity contribution in [3.63, 3.8) is 0 Å². The van der Waals surface area contributed by atoms with Crippen molar-refractivity contribution in [3.05, 3.63) is 53.5 Å². The molecule has 1 aliphatic rings. The largest absolute Gasteiger partial charge is 0.497 e. The molecule has 0 amide bonds. The number of aliphatic carboxylic acids is 1. The fourth-order valence-corrected chi connectivity index (χ4v) is 5.40. The second kappa shape index (κ2) is 11.5. The summed E-state index contributed by atoms with van der Waals surface area (Å²) in [6.45, 7) is 5.01. The van der Waals surface area contributed by atoms with Crippen LogP contribution in [0.15, 0.2) is 36.7 Å². The van der Waals surface area contributed by atoms with Crippen molar-refractivity contribution >= 4 is 16.9 Å². The number of hydrogen-bond acceptors (Lipinski definition) is 5. The SMILES string of the molecule is COc1ccc2nccc(CCC[C@@H]3CCN(CCCc4cn[nH]c4C)C[C@@H]3CC(=O)O)c2c1. The quantitative estimate of drug-likeness (QED) is 0.429. The summed E-state index contributed by atoms with van der Waals surface area (Å²) in [7, 11) is 1.69. The Balaban J connectivity index is 1.31. The number of carboxylic acids is 1. The predicted octanol–water partition coefficient (Wildman–Crippen LogP) is 4.64. The second-order valence-electron chi connectivity index (χ2n) is 9.58. The van der Waals surface area contributed by atoms with E-state index in [1.807, 2.05) is 24.5 Å². The number of hydrogen-bond donors (Lipinski definition) is 2. The molecule has 7 heteroatoms. The maximum atomic E-state index is 11.6. The lowest BCUT2D eigenvalue weighted by Crippen LogP contribution is -2.41. The number of benzene rings is 1. The van der Waals surface area contributed by atoms with Crippen molar-refractivity contribution < 1.29 is 14.6 Å². The van der Waals surface area contributed by atoms with Gasteiger partial charge >= 0.3 is 5.97 Å². The number of H-pyrrole nitrogens is 1. The molecule has 3 aromatic rings. The number of piperidine rings is 1. The monoisotopic (exact) mass is 464 g/mol. The van der Waals surface area contributed by atoms with Gasteiger partial charge in [-0.1, -0.05) is 0 Å². The van der Waals surface area contributed by atoms with Crippen molar-refractivity contribution in [2.45, 2.75) is 51.9 Å². The van der Waals surface area contributed by atoms with Crippen LogP contribution >= 0.6 is 0 Å². The zero-order chi connectivity index (χ0) is 23.9. The molecule has 2 N–H and O–H groups in total. The standard InChI is InChI=1S/C27H36N4O3/c1-19-22(17-29-30-19)7-4-13-31-14-11-20(23(18-31)15-27(32)33)5-3-6-21-10-12-28-26-9-8-24(34-2)16-25(21)26/h8-10,12,16-17,20,23H,3-7,11,13-15,18H2,1-2H3,(H,29,30)(H,32,33)/t20-,23+/m1/s1. The first-order chi connectivity index (χ1) is 16.5. The Bertz CT molecular complexity index is 1100. The number of nitrogens with zero attached hydrogens (tertiary/aromatic N) is 3. The molecule has 0 unspecified atom stereocenters. The van der Waals surface area contributed by atoms with E-state index in [1.54, 1.807) is 7.11 Å². The number of fused-ring (bicyclic) bond motifs is 1. The van der Waals surface area contributed by atoms with Gasteiger partial charge in [0.15, 0.2) is 0 Å². The molecule has 34 heavy (non-hydrogen) atoms. The van der Waals surface area contributed by atoms with Gasteiger partial charge in [0, 0.05) is 30.2 Å². The average Bonchev–Trinajstić information content (AvgIpc) is 3.24. The second-order valence-corrected chi connectivity index (χ2v) is 9.58. The number of aryl methyl sites for hydroxylation is 3.